The number of hydrogen-bond acceptors (Lipinski definition) is 3. The Morgan fingerprint density at radius 2 is 1.27 bits per heavy atom. The van der Waals surface area contributed by atoms with E-state index in [0.717, 1.165) is 39.5 Å². The van der Waals surface area contributed by atoms with Crippen molar-refractivity contribution in [2.24, 2.45) is 0 Å². The molecule has 0 aliphatic heterocycles. The molecule has 0 aliphatic rings. The molecule has 0 rings (SSSR count). The van der Waals surface area contributed by atoms with Crippen LogP contribution in [0.1, 0.15) is 34.6 Å². The van der Waals surface area contributed by atoms with Gasteiger partial charge in [-0.15, -0.1) is 0 Å². The van der Waals surface area contributed by atoms with Crippen LogP contribution in [-0.2, 0) is 9.47 Å². The first-order valence-electron chi connectivity index (χ1n) is 6.05. The molecule has 0 unspecified atom stereocenters. The lowest BCUT2D eigenvalue weighted by Crippen LogP contribution is -2.53. The first-order chi connectivity index (χ1) is 7.14. The predicted molar refractivity (Wildman–Crippen MR) is 64.3 cm³/mol. The summed E-state index contributed by atoms with van der Waals surface area (Å²) in [5, 5.41) is 0. The van der Waals surface area contributed by atoms with Crippen molar-refractivity contribution in [3.63, 3.8) is 0 Å². The van der Waals surface area contributed by atoms with Gasteiger partial charge in [0.2, 0.25) is 0 Å². The molecule has 0 fully saturated rings. The van der Waals surface area contributed by atoms with E-state index in [4.69, 9.17) is 9.47 Å². The quantitative estimate of drug-likeness (QED) is 0.591. The third-order valence-electron chi connectivity index (χ3n) is 2.76. The minimum atomic E-state index is 0.00944. The van der Waals surface area contributed by atoms with Crippen LogP contribution >= 0.6 is 0 Å². The molecule has 0 aromatic rings. The molecule has 0 aromatic heterocycles. The molecule has 0 saturated heterocycles. The Hall–Kier alpha value is -0.120. The molecule has 3 nitrogen and oxygen atoms in total. The molecule has 3 heteroatoms. The first-order valence-corrected chi connectivity index (χ1v) is 6.05. The molecule has 0 amide bonds. The van der Waals surface area contributed by atoms with Gasteiger partial charge in [-0.1, -0.05) is 13.8 Å². The molecule has 0 N–H and O–H groups in total. The Morgan fingerprint density at radius 3 is 1.53 bits per heavy atom. The lowest BCUT2D eigenvalue weighted by Gasteiger charge is -2.39. The maximum atomic E-state index is 5.56. The van der Waals surface area contributed by atoms with Crippen LogP contribution in [0.25, 0.3) is 0 Å². The second kappa shape index (κ2) is 8.08. The fourth-order valence-corrected chi connectivity index (χ4v) is 1.86. The molecule has 0 heterocycles. The van der Waals surface area contributed by atoms with Crippen molar-refractivity contribution < 1.29 is 9.47 Å². The average molecular weight is 217 g/mol. The summed E-state index contributed by atoms with van der Waals surface area (Å²) in [6.07, 6.45) is 0. The number of rotatable bonds is 9. The Morgan fingerprint density at radius 1 is 0.867 bits per heavy atom. The van der Waals surface area contributed by atoms with Crippen LogP contribution in [-0.4, -0.2) is 50.0 Å². The van der Waals surface area contributed by atoms with Crippen LogP contribution in [0.3, 0.4) is 0 Å². The summed E-state index contributed by atoms with van der Waals surface area (Å²) in [4.78, 5) is 2.40. The summed E-state index contributed by atoms with van der Waals surface area (Å²) >= 11 is 0. The van der Waals surface area contributed by atoms with E-state index >= 15 is 0 Å². The Labute approximate surface area is 94.7 Å². The monoisotopic (exact) mass is 217 g/mol. The zero-order valence-electron chi connectivity index (χ0n) is 11.0. The van der Waals surface area contributed by atoms with E-state index in [-0.39, 0.29) is 5.54 Å². The third-order valence-corrected chi connectivity index (χ3v) is 2.76. The van der Waals surface area contributed by atoms with Gasteiger partial charge in [0.15, 0.2) is 0 Å². The van der Waals surface area contributed by atoms with Gasteiger partial charge in [-0.05, 0) is 33.9 Å². The number of hydrogen-bond donors (Lipinski definition) is 0. The van der Waals surface area contributed by atoms with Gasteiger partial charge in [-0.2, -0.15) is 0 Å². The lowest BCUT2D eigenvalue weighted by molar-refractivity contribution is -0.0434. The standard InChI is InChI=1S/C12H27NO2/c1-6-13(7-2)12(5,10-14-8-3)11-15-9-4/h6-11H2,1-5H3. The minimum absolute atomic E-state index is 0.00944. The highest BCUT2D eigenvalue weighted by molar-refractivity contribution is 4.85. The van der Waals surface area contributed by atoms with Gasteiger partial charge in [0.1, 0.15) is 0 Å². The van der Waals surface area contributed by atoms with Crippen LogP contribution in [0.15, 0.2) is 0 Å². The SMILES string of the molecule is CCOCC(C)(COCC)N(CC)CC. The van der Waals surface area contributed by atoms with Crippen LogP contribution in [0.5, 0.6) is 0 Å². The van der Waals surface area contributed by atoms with Crippen molar-refractivity contribution in [1.82, 2.24) is 4.90 Å². The topological polar surface area (TPSA) is 21.7 Å². The Kier molecular flexibility index (Phi) is 8.02. The number of likely N-dealkylation sites (N-methyl/N-ethyl adjacent to an activating group) is 1. The van der Waals surface area contributed by atoms with Crippen molar-refractivity contribution in [2.75, 3.05) is 39.5 Å². The van der Waals surface area contributed by atoms with Crippen molar-refractivity contribution in [3.05, 3.63) is 0 Å². The van der Waals surface area contributed by atoms with Crippen LogP contribution in [0, 0.1) is 0 Å². The largest absolute Gasteiger partial charge is 0.380 e. The van der Waals surface area contributed by atoms with E-state index < -0.39 is 0 Å². The summed E-state index contributed by atoms with van der Waals surface area (Å²) in [6.45, 7) is 15.7. The number of nitrogens with zero attached hydrogens (tertiary/aromatic N) is 1. The van der Waals surface area contributed by atoms with Gasteiger partial charge >= 0.3 is 0 Å². The molecule has 15 heavy (non-hydrogen) atoms. The zero-order valence-corrected chi connectivity index (χ0v) is 11.0. The predicted octanol–water partition coefficient (Wildman–Crippen LogP) is 2.16. The second-order valence-electron chi connectivity index (χ2n) is 3.94. The van der Waals surface area contributed by atoms with Gasteiger partial charge in [0.25, 0.3) is 0 Å². The zero-order chi connectivity index (χ0) is 11.7. The van der Waals surface area contributed by atoms with Crippen LogP contribution in [0.4, 0.5) is 0 Å². The molecule has 0 spiro atoms. The van der Waals surface area contributed by atoms with Crippen molar-refractivity contribution in [3.8, 4) is 0 Å². The summed E-state index contributed by atoms with van der Waals surface area (Å²) in [5.41, 5.74) is 0.00944. The number of ether oxygens (including phenoxy) is 2. The molecule has 0 aromatic carbocycles. The van der Waals surface area contributed by atoms with Gasteiger partial charge < -0.3 is 9.47 Å². The molecular weight excluding hydrogens is 190 g/mol. The summed E-state index contributed by atoms with van der Waals surface area (Å²) < 4.78 is 11.1. The van der Waals surface area contributed by atoms with Gasteiger partial charge in [-0.3, -0.25) is 4.90 Å². The first kappa shape index (κ1) is 14.9. The molecular formula is C12H27NO2. The molecule has 92 valence electrons. The molecule has 0 aliphatic carbocycles. The molecule has 0 bridgehead atoms. The van der Waals surface area contributed by atoms with E-state index in [0.29, 0.717) is 0 Å². The smallest absolute Gasteiger partial charge is 0.0670 e. The second-order valence-corrected chi connectivity index (χ2v) is 3.94. The lowest BCUT2D eigenvalue weighted by atomic mass is 10.0. The van der Waals surface area contributed by atoms with Crippen molar-refractivity contribution >= 4 is 0 Å². The van der Waals surface area contributed by atoms with E-state index in [1.54, 1.807) is 0 Å². The fourth-order valence-electron chi connectivity index (χ4n) is 1.86. The van der Waals surface area contributed by atoms with Gasteiger partial charge in [0.05, 0.1) is 18.8 Å². The van der Waals surface area contributed by atoms with Crippen molar-refractivity contribution in [2.45, 2.75) is 40.2 Å². The summed E-state index contributed by atoms with van der Waals surface area (Å²) in [5.74, 6) is 0. The highest BCUT2D eigenvalue weighted by atomic mass is 16.5. The summed E-state index contributed by atoms with van der Waals surface area (Å²) in [6, 6.07) is 0. The molecule has 0 radical (unpaired) electrons. The third kappa shape index (κ3) is 4.96. The van der Waals surface area contributed by atoms with Crippen molar-refractivity contribution in [1.29, 1.82) is 0 Å². The molecule has 0 saturated carbocycles. The normalized spacial score (nSPS) is 12.4. The highest BCUT2D eigenvalue weighted by Gasteiger charge is 2.30. The van der Waals surface area contributed by atoms with E-state index in [1.165, 1.54) is 0 Å². The maximum absolute atomic E-state index is 5.56. The van der Waals surface area contributed by atoms with Crippen LogP contribution < -0.4 is 0 Å². The highest BCUT2D eigenvalue weighted by Crippen LogP contribution is 2.16. The average Bonchev–Trinajstić information content (AvgIpc) is 2.25. The van der Waals surface area contributed by atoms with Gasteiger partial charge in [-0.25, -0.2) is 0 Å². The fraction of sp³-hybridized carbons (Fsp3) is 1.00. The van der Waals surface area contributed by atoms with Crippen LogP contribution in [0.2, 0.25) is 0 Å². The van der Waals surface area contributed by atoms with E-state index in [9.17, 15) is 0 Å². The minimum Gasteiger partial charge on any atom is -0.380 e. The Bertz CT molecular complexity index is 139. The Balaban J connectivity index is 4.35. The summed E-state index contributed by atoms with van der Waals surface area (Å²) in [7, 11) is 0. The van der Waals surface area contributed by atoms with Gasteiger partial charge in [0, 0.05) is 13.2 Å². The van der Waals surface area contributed by atoms with E-state index in [1.807, 2.05) is 13.8 Å². The maximum Gasteiger partial charge on any atom is 0.0670 e. The van der Waals surface area contributed by atoms with E-state index in [2.05, 4.69) is 25.7 Å². The molecule has 0 atom stereocenters.